The van der Waals surface area contributed by atoms with E-state index in [4.69, 9.17) is 9.47 Å². The number of hydrogen-bond donors (Lipinski definition) is 0. The molecule has 27 heavy (non-hydrogen) atoms. The Morgan fingerprint density at radius 3 is 1.70 bits per heavy atom. The highest BCUT2D eigenvalue weighted by Gasteiger charge is 2.60. The molecule has 2 nitrogen and oxygen atoms in total. The summed E-state index contributed by atoms with van der Waals surface area (Å²) in [6.45, 7) is 1.10. The largest absolute Gasteiger partial charge is 0.349 e. The Bertz CT molecular complexity index is 849. The molecule has 0 radical (unpaired) electrons. The highest BCUT2D eigenvalue weighted by atomic mass is 19.3. The smallest absolute Gasteiger partial charge is 0.248 e. The molecule has 0 N–H and O–H groups in total. The summed E-state index contributed by atoms with van der Waals surface area (Å²) in [7, 11) is 0. The summed E-state index contributed by atoms with van der Waals surface area (Å²) in [6.07, 6.45) is 1.19. The summed E-state index contributed by atoms with van der Waals surface area (Å²) >= 11 is 0. The minimum absolute atomic E-state index is 0.0110. The van der Waals surface area contributed by atoms with E-state index in [1.54, 1.807) is 0 Å². The molecule has 0 aromatic heterocycles. The molecule has 1 aliphatic heterocycles. The van der Waals surface area contributed by atoms with Crippen LogP contribution in [0.15, 0.2) is 48.5 Å². The summed E-state index contributed by atoms with van der Waals surface area (Å²) < 4.78 is 40.3. The average Bonchev–Trinajstić information content (AvgIpc) is 3.22. The maximum absolute atomic E-state index is 13.7. The van der Waals surface area contributed by atoms with Crippen molar-refractivity contribution in [1.29, 1.82) is 0 Å². The minimum atomic E-state index is -2.50. The Kier molecular flexibility index (Phi) is 3.11. The van der Waals surface area contributed by atoms with Crippen molar-refractivity contribution in [3.05, 3.63) is 59.7 Å². The highest BCUT2D eigenvalue weighted by molar-refractivity contribution is 5.81. The van der Waals surface area contributed by atoms with Crippen LogP contribution in [0.4, 0.5) is 8.78 Å². The Morgan fingerprint density at radius 2 is 1.19 bits per heavy atom. The molecule has 0 amide bonds. The van der Waals surface area contributed by atoms with Crippen LogP contribution in [0.2, 0.25) is 0 Å². The Morgan fingerprint density at radius 1 is 0.704 bits per heavy atom. The van der Waals surface area contributed by atoms with Gasteiger partial charge in [0.05, 0.1) is 18.6 Å². The molecule has 3 fully saturated rings. The SMILES string of the molecule is FC1(F)C[C@@H]2CC3(C[C@@H]2C1)OCC1(CO3)c2ccccc2-c2ccccc21. The van der Waals surface area contributed by atoms with Crippen molar-refractivity contribution in [3.63, 3.8) is 0 Å². The summed E-state index contributed by atoms with van der Waals surface area (Å²) in [6, 6.07) is 16.9. The first-order valence-corrected chi connectivity index (χ1v) is 9.86. The molecule has 0 unspecified atom stereocenters. The molecule has 4 heteroatoms. The zero-order chi connectivity index (χ0) is 18.3. The van der Waals surface area contributed by atoms with Crippen LogP contribution in [-0.4, -0.2) is 24.9 Å². The van der Waals surface area contributed by atoms with Crippen LogP contribution in [0.25, 0.3) is 11.1 Å². The van der Waals surface area contributed by atoms with Crippen LogP contribution in [-0.2, 0) is 14.9 Å². The molecular formula is C23H22F2O2. The summed E-state index contributed by atoms with van der Waals surface area (Å²) in [5, 5.41) is 0. The van der Waals surface area contributed by atoms with Gasteiger partial charge in [-0.25, -0.2) is 8.78 Å². The molecule has 0 bridgehead atoms. The molecule has 1 saturated heterocycles. The first-order chi connectivity index (χ1) is 13.0. The lowest BCUT2D eigenvalue weighted by atomic mass is 9.78. The second kappa shape index (κ2) is 5.18. The highest BCUT2D eigenvalue weighted by Crippen LogP contribution is 2.59. The van der Waals surface area contributed by atoms with Gasteiger partial charge in [0, 0.05) is 25.7 Å². The van der Waals surface area contributed by atoms with Gasteiger partial charge in [-0.2, -0.15) is 0 Å². The number of rotatable bonds is 0. The summed E-state index contributed by atoms with van der Waals surface area (Å²) in [5.74, 6) is -3.12. The first kappa shape index (κ1) is 16.2. The van der Waals surface area contributed by atoms with Crippen LogP contribution in [0, 0.1) is 11.8 Å². The molecule has 140 valence electrons. The topological polar surface area (TPSA) is 18.5 Å². The lowest BCUT2D eigenvalue weighted by molar-refractivity contribution is -0.284. The van der Waals surface area contributed by atoms with E-state index in [-0.39, 0.29) is 30.1 Å². The van der Waals surface area contributed by atoms with Crippen molar-refractivity contribution in [2.75, 3.05) is 13.2 Å². The van der Waals surface area contributed by atoms with E-state index in [9.17, 15) is 8.78 Å². The van der Waals surface area contributed by atoms with Crippen LogP contribution in [0.5, 0.6) is 0 Å². The van der Waals surface area contributed by atoms with Crippen molar-refractivity contribution >= 4 is 0 Å². The third kappa shape index (κ3) is 2.17. The van der Waals surface area contributed by atoms with E-state index in [2.05, 4.69) is 48.5 Å². The standard InChI is InChI=1S/C23H22F2O2/c24-22(25)9-15-11-23(12-16(15)10-22)26-13-21(14-27-23)19-7-3-1-5-17(19)18-6-2-4-8-20(18)21/h1-8,15-16H,9-14H2/t15-,16+. The van der Waals surface area contributed by atoms with Gasteiger partial charge in [-0.3, -0.25) is 0 Å². The second-order valence-electron chi connectivity index (χ2n) is 8.85. The lowest BCUT2D eigenvalue weighted by Crippen LogP contribution is -2.51. The van der Waals surface area contributed by atoms with E-state index >= 15 is 0 Å². The number of ether oxygens (including phenoxy) is 2. The Hall–Kier alpha value is -1.78. The van der Waals surface area contributed by atoms with E-state index in [1.807, 2.05) is 0 Å². The van der Waals surface area contributed by atoms with Crippen molar-refractivity contribution < 1.29 is 18.3 Å². The molecule has 2 atom stereocenters. The van der Waals surface area contributed by atoms with Crippen LogP contribution >= 0.6 is 0 Å². The van der Waals surface area contributed by atoms with Crippen molar-refractivity contribution in [3.8, 4) is 11.1 Å². The number of benzene rings is 2. The monoisotopic (exact) mass is 368 g/mol. The van der Waals surface area contributed by atoms with E-state index in [1.165, 1.54) is 22.3 Å². The van der Waals surface area contributed by atoms with E-state index in [0.29, 0.717) is 26.1 Å². The molecule has 2 aromatic carbocycles. The Labute approximate surface area is 157 Å². The molecule has 2 spiro atoms. The van der Waals surface area contributed by atoms with Gasteiger partial charge in [0.2, 0.25) is 5.92 Å². The molecule has 1 heterocycles. The van der Waals surface area contributed by atoms with Crippen LogP contribution < -0.4 is 0 Å². The fraction of sp³-hybridized carbons (Fsp3) is 0.478. The number of halogens is 2. The summed E-state index contributed by atoms with van der Waals surface area (Å²) in [5.41, 5.74) is 4.72. The summed E-state index contributed by atoms with van der Waals surface area (Å²) in [4.78, 5) is 0. The molecular weight excluding hydrogens is 346 g/mol. The van der Waals surface area contributed by atoms with Gasteiger partial charge in [-0.15, -0.1) is 0 Å². The van der Waals surface area contributed by atoms with Gasteiger partial charge in [0.25, 0.3) is 0 Å². The maximum atomic E-state index is 13.7. The first-order valence-electron chi connectivity index (χ1n) is 9.86. The van der Waals surface area contributed by atoms with Gasteiger partial charge >= 0.3 is 0 Å². The second-order valence-corrected chi connectivity index (χ2v) is 8.85. The van der Waals surface area contributed by atoms with Crippen molar-refractivity contribution in [1.82, 2.24) is 0 Å². The molecule has 2 aromatic rings. The third-order valence-corrected chi connectivity index (χ3v) is 7.27. The zero-order valence-electron chi connectivity index (χ0n) is 15.1. The maximum Gasteiger partial charge on any atom is 0.248 e. The number of hydrogen-bond acceptors (Lipinski definition) is 2. The average molecular weight is 368 g/mol. The quantitative estimate of drug-likeness (QED) is 0.640. The van der Waals surface area contributed by atoms with Crippen LogP contribution in [0.3, 0.4) is 0 Å². The molecule has 2 saturated carbocycles. The third-order valence-electron chi connectivity index (χ3n) is 7.27. The fourth-order valence-corrected chi connectivity index (χ4v) is 6.10. The lowest BCUT2D eigenvalue weighted by Gasteiger charge is -2.44. The minimum Gasteiger partial charge on any atom is -0.349 e. The zero-order valence-corrected chi connectivity index (χ0v) is 15.1. The van der Waals surface area contributed by atoms with Gasteiger partial charge in [0.15, 0.2) is 5.79 Å². The van der Waals surface area contributed by atoms with Gasteiger partial charge in [0.1, 0.15) is 0 Å². The number of fused-ring (bicyclic) bond motifs is 6. The van der Waals surface area contributed by atoms with Crippen molar-refractivity contribution in [2.45, 2.75) is 42.8 Å². The predicted molar refractivity (Wildman–Crippen MR) is 97.7 cm³/mol. The predicted octanol–water partition coefficient (Wildman–Crippen LogP) is 5.15. The van der Waals surface area contributed by atoms with Gasteiger partial charge < -0.3 is 9.47 Å². The van der Waals surface area contributed by atoms with Crippen molar-refractivity contribution in [2.24, 2.45) is 11.8 Å². The number of alkyl halides is 2. The molecule has 4 aliphatic rings. The normalized spacial score (nSPS) is 31.0. The van der Waals surface area contributed by atoms with Crippen LogP contribution in [0.1, 0.15) is 36.8 Å². The molecule has 6 rings (SSSR count). The molecule has 3 aliphatic carbocycles. The van der Waals surface area contributed by atoms with E-state index in [0.717, 1.165) is 0 Å². The Balaban J connectivity index is 1.32. The van der Waals surface area contributed by atoms with E-state index < -0.39 is 11.7 Å². The van der Waals surface area contributed by atoms with Gasteiger partial charge in [-0.05, 0) is 34.1 Å². The van der Waals surface area contributed by atoms with Gasteiger partial charge in [-0.1, -0.05) is 48.5 Å². The fourth-order valence-electron chi connectivity index (χ4n) is 6.10.